The number of halogens is 2. The van der Waals surface area contributed by atoms with E-state index in [1.165, 1.54) is 0 Å². The predicted octanol–water partition coefficient (Wildman–Crippen LogP) is 5.99. The molecule has 0 spiro atoms. The number of allylic oxidation sites excluding steroid dienone is 4. The highest BCUT2D eigenvalue weighted by atomic mass is 35.5. The molecule has 4 heteroatoms. The van der Waals surface area contributed by atoms with Crippen LogP contribution in [0.25, 0.3) is 11.1 Å². The van der Waals surface area contributed by atoms with Gasteiger partial charge in [0.25, 0.3) is 0 Å². The summed E-state index contributed by atoms with van der Waals surface area (Å²) >= 11 is 12.1. The first-order chi connectivity index (χ1) is 12.1. The van der Waals surface area contributed by atoms with Gasteiger partial charge in [-0.1, -0.05) is 47.5 Å². The molecule has 0 amide bonds. The van der Waals surface area contributed by atoms with E-state index >= 15 is 0 Å². The number of hydrogen-bond acceptors (Lipinski definition) is 2. The minimum Gasteiger partial charge on any atom is -0.336 e. The summed E-state index contributed by atoms with van der Waals surface area (Å²) in [4.78, 5) is 4.23. The second-order valence-corrected chi connectivity index (χ2v) is 6.89. The third kappa shape index (κ3) is 3.23. The molecule has 2 aliphatic rings. The fourth-order valence-corrected chi connectivity index (χ4v) is 3.19. The van der Waals surface area contributed by atoms with E-state index in [1.807, 2.05) is 61.8 Å². The lowest BCUT2D eigenvalue weighted by atomic mass is 9.99. The van der Waals surface area contributed by atoms with Crippen molar-refractivity contribution in [1.82, 2.24) is 9.80 Å². The highest BCUT2D eigenvalue weighted by Gasteiger charge is 2.19. The molecule has 2 aliphatic heterocycles. The molecule has 0 radical (unpaired) electrons. The van der Waals surface area contributed by atoms with Crippen molar-refractivity contribution in [3.63, 3.8) is 0 Å². The molecule has 0 saturated carbocycles. The van der Waals surface area contributed by atoms with Gasteiger partial charge < -0.3 is 9.80 Å². The summed E-state index contributed by atoms with van der Waals surface area (Å²) in [6.45, 7) is 0. The Morgan fingerprint density at radius 1 is 0.680 bits per heavy atom. The molecule has 0 fully saturated rings. The fourth-order valence-electron chi connectivity index (χ4n) is 2.94. The van der Waals surface area contributed by atoms with Gasteiger partial charge in [0.1, 0.15) is 5.82 Å². The highest BCUT2D eigenvalue weighted by Crippen LogP contribution is 2.33. The fraction of sp³-hybridized carbons (Fsp3) is 0.0476. The molecule has 0 saturated heterocycles. The predicted molar refractivity (Wildman–Crippen MR) is 106 cm³/mol. The van der Waals surface area contributed by atoms with Crippen LogP contribution in [-0.2, 0) is 0 Å². The molecule has 0 N–H and O–H groups in total. The second-order valence-electron chi connectivity index (χ2n) is 6.02. The van der Waals surface area contributed by atoms with Gasteiger partial charge in [0.2, 0.25) is 0 Å². The van der Waals surface area contributed by atoms with Gasteiger partial charge in [-0.25, -0.2) is 0 Å². The van der Waals surface area contributed by atoms with E-state index in [0.717, 1.165) is 38.1 Å². The Hall–Kier alpha value is -2.42. The van der Waals surface area contributed by atoms with Crippen molar-refractivity contribution in [2.45, 2.75) is 0 Å². The molecule has 2 heterocycles. The summed E-state index contributed by atoms with van der Waals surface area (Å²) in [5.41, 5.74) is 4.49. The van der Waals surface area contributed by atoms with Gasteiger partial charge in [-0.3, -0.25) is 0 Å². The smallest absolute Gasteiger partial charge is 0.117 e. The van der Waals surface area contributed by atoms with Crippen LogP contribution >= 0.6 is 23.2 Å². The number of rotatable bonds is 2. The normalized spacial score (nSPS) is 16.2. The summed E-state index contributed by atoms with van der Waals surface area (Å²) in [5, 5.41) is 1.47. The average molecular weight is 367 g/mol. The van der Waals surface area contributed by atoms with Crippen LogP contribution in [0.1, 0.15) is 11.1 Å². The van der Waals surface area contributed by atoms with Crippen LogP contribution in [0.2, 0.25) is 10.0 Å². The Kier molecular flexibility index (Phi) is 4.16. The molecule has 2 nitrogen and oxygen atoms in total. The summed E-state index contributed by atoms with van der Waals surface area (Å²) < 4.78 is 0. The third-order valence-electron chi connectivity index (χ3n) is 4.31. The van der Waals surface area contributed by atoms with E-state index in [2.05, 4.69) is 34.4 Å². The molecule has 0 atom stereocenters. The Bertz CT molecular complexity index is 919. The Morgan fingerprint density at radius 2 is 1.24 bits per heavy atom. The van der Waals surface area contributed by atoms with E-state index in [0.29, 0.717) is 0 Å². The lowest BCUT2D eigenvalue weighted by Crippen LogP contribution is -2.15. The zero-order chi connectivity index (χ0) is 17.4. The Balaban J connectivity index is 1.84. The van der Waals surface area contributed by atoms with Crippen LogP contribution < -0.4 is 0 Å². The van der Waals surface area contributed by atoms with Crippen LogP contribution in [0.15, 0.2) is 85.1 Å². The van der Waals surface area contributed by atoms with Crippen LogP contribution in [0.3, 0.4) is 0 Å². The van der Waals surface area contributed by atoms with Gasteiger partial charge >= 0.3 is 0 Å². The van der Waals surface area contributed by atoms with Gasteiger partial charge in [0.05, 0.1) is 0 Å². The highest BCUT2D eigenvalue weighted by molar-refractivity contribution is 6.30. The van der Waals surface area contributed by atoms with Gasteiger partial charge in [-0.2, -0.15) is 0 Å². The van der Waals surface area contributed by atoms with Crippen LogP contribution in [0.4, 0.5) is 0 Å². The molecular formula is C21H16Cl2N2. The Morgan fingerprint density at radius 3 is 1.84 bits per heavy atom. The molecule has 0 bridgehead atoms. The zero-order valence-electron chi connectivity index (χ0n) is 13.7. The van der Waals surface area contributed by atoms with Crippen molar-refractivity contribution in [1.29, 1.82) is 0 Å². The van der Waals surface area contributed by atoms with Gasteiger partial charge in [-0.15, -0.1) is 0 Å². The summed E-state index contributed by atoms with van der Waals surface area (Å²) in [7, 11) is 2.04. The maximum absolute atomic E-state index is 6.05. The molecular weight excluding hydrogens is 351 g/mol. The third-order valence-corrected chi connectivity index (χ3v) is 4.81. The zero-order valence-corrected chi connectivity index (χ0v) is 15.2. The van der Waals surface area contributed by atoms with E-state index in [1.54, 1.807) is 0 Å². The lowest BCUT2D eigenvalue weighted by Gasteiger charge is -2.18. The van der Waals surface area contributed by atoms with E-state index in [-0.39, 0.29) is 0 Å². The SMILES string of the molecule is CN1C=CN2C=C(c3ccc(Cl)cc3)C=C(c3ccc(Cl)cc3)C=C12. The minimum absolute atomic E-state index is 0.736. The van der Waals surface area contributed by atoms with E-state index in [9.17, 15) is 0 Å². The summed E-state index contributed by atoms with van der Waals surface area (Å²) in [6, 6.07) is 15.8. The molecule has 2 aromatic rings. The van der Waals surface area contributed by atoms with Crippen molar-refractivity contribution in [2.24, 2.45) is 0 Å². The number of benzene rings is 2. The number of fused-ring (bicyclic) bond motifs is 1. The minimum atomic E-state index is 0.736. The summed E-state index contributed by atoms with van der Waals surface area (Å²) in [6.07, 6.45) is 10.6. The topological polar surface area (TPSA) is 6.48 Å². The number of hydrogen-bond donors (Lipinski definition) is 0. The van der Waals surface area contributed by atoms with Gasteiger partial charge in [0, 0.05) is 35.7 Å². The van der Waals surface area contributed by atoms with Crippen molar-refractivity contribution in [3.05, 3.63) is 106 Å². The van der Waals surface area contributed by atoms with E-state index in [4.69, 9.17) is 23.2 Å². The molecule has 4 rings (SSSR count). The first-order valence-corrected chi connectivity index (χ1v) is 8.72. The van der Waals surface area contributed by atoms with Crippen molar-refractivity contribution >= 4 is 34.3 Å². The first-order valence-electron chi connectivity index (χ1n) is 7.97. The largest absolute Gasteiger partial charge is 0.336 e. The van der Waals surface area contributed by atoms with Crippen LogP contribution in [-0.4, -0.2) is 16.8 Å². The van der Waals surface area contributed by atoms with E-state index < -0.39 is 0 Å². The summed E-state index contributed by atoms with van der Waals surface area (Å²) in [5.74, 6) is 1.10. The number of nitrogens with zero attached hydrogens (tertiary/aromatic N) is 2. The second kappa shape index (κ2) is 6.47. The molecule has 2 aromatic carbocycles. The maximum Gasteiger partial charge on any atom is 0.117 e. The standard InChI is InChI=1S/C21H16Cl2N2/c1-24-10-11-25-14-18(16-4-8-20(23)9-5-16)12-17(13-21(24)25)15-2-6-19(22)7-3-15/h2-14H,1H3. The van der Waals surface area contributed by atoms with Crippen molar-refractivity contribution in [3.8, 4) is 0 Å². The molecule has 0 aromatic heterocycles. The molecule has 0 aliphatic carbocycles. The molecule has 0 unspecified atom stereocenters. The van der Waals surface area contributed by atoms with Crippen molar-refractivity contribution in [2.75, 3.05) is 7.05 Å². The van der Waals surface area contributed by atoms with Gasteiger partial charge in [0.15, 0.2) is 0 Å². The Labute approximate surface area is 157 Å². The maximum atomic E-state index is 6.05. The quantitative estimate of drug-likeness (QED) is 0.643. The van der Waals surface area contributed by atoms with Crippen molar-refractivity contribution < 1.29 is 0 Å². The van der Waals surface area contributed by atoms with Gasteiger partial charge in [-0.05, 0) is 58.7 Å². The van der Waals surface area contributed by atoms with Crippen LogP contribution in [0, 0.1) is 0 Å². The average Bonchev–Trinajstić information content (AvgIpc) is 2.84. The lowest BCUT2D eigenvalue weighted by molar-refractivity contribution is 0.476. The molecule has 25 heavy (non-hydrogen) atoms. The van der Waals surface area contributed by atoms with Crippen LogP contribution in [0.5, 0.6) is 0 Å². The first kappa shape index (κ1) is 16.1. The monoisotopic (exact) mass is 366 g/mol. The molecule has 124 valence electrons.